The van der Waals surface area contributed by atoms with Crippen LogP contribution in [-0.2, 0) is 11.3 Å². The summed E-state index contributed by atoms with van der Waals surface area (Å²) in [4.78, 5) is 19.6. The van der Waals surface area contributed by atoms with Crippen molar-refractivity contribution in [2.24, 2.45) is 0 Å². The van der Waals surface area contributed by atoms with E-state index in [9.17, 15) is 9.18 Å². The molecule has 152 valence electrons. The predicted octanol–water partition coefficient (Wildman–Crippen LogP) is 4.78. The molecule has 28 heavy (non-hydrogen) atoms. The van der Waals surface area contributed by atoms with Gasteiger partial charge in [0, 0.05) is 24.6 Å². The van der Waals surface area contributed by atoms with Gasteiger partial charge in [-0.25, -0.2) is 14.1 Å². The lowest BCUT2D eigenvalue weighted by atomic mass is 9.88. The minimum absolute atomic E-state index is 0.0938. The highest BCUT2D eigenvalue weighted by Gasteiger charge is 2.25. The van der Waals surface area contributed by atoms with E-state index in [-0.39, 0.29) is 18.3 Å². The minimum Gasteiger partial charge on any atom is -0.341 e. The lowest BCUT2D eigenvalue weighted by Crippen LogP contribution is -2.36. The summed E-state index contributed by atoms with van der Waals surface area (Å²) in [7, 11) is 0. The predicted molar refractivity (Wildman–Crippen MR) is 108 cm³/mol. The summed E-state index contributed by atoms with van der Waals surface area (Å²) in [5.74, 6) is 1.64. The van der Waals surface area contributed by atoms with E-state index in [0.717, 1.165) is 50.2 Å². The smallest absolute Gasteiger partial charge is 0.244 e. The SMILES string of the molecule is CCCN(CCC)C(=O)Cn1nc(-c2ccc(F)cc2)nc1C1CCCCC1. The molecule has 1 fully saturated rings. The highest BCUT2D eigenvalue weighted by Crippen LogP contribution is 2.32. The Balaban J connectivity index is 1.88. The molecule has 0 bridgehead atoms. The normalized spacial score (nSPS) is 15.0. The van der Waals surface area contributed by atoms with Gasteiger partial charge in [0.15, 0.2) is 5.82 Å². The van der Waals surface area contributed by atoms with E-state index in [1.165, 1.54) is 31.4 Å². The number of carbonyl (C=O) groups excluding carboxylic acids is 1. The van der Waals surface area contributed by atoms with Crippen molar-refractivity contribution >= 4 is 5.91 Å². The number of benzene rings is 1. The lowest BCUT2D eigenvalue weighted by Gasteiger charge is -2.24. The zero-order valence-electron chi connectivity index (χ0n) is 17.0. The van der Waals surface area contributed by atoms with Gasteiger partial charge in [-0.1, -0.05) is 33.1 Å². The summed E-state index contributed by atoms with van der Waals surface area (Å²) >= 11 is 0. The molecule has 0 unspecified atom stereocenters. The van der Waals surface area contributed by atoms with Gasteiger partial charge in [-0.3, -0.25) is 4.79 Å². The first-order valence-corrected chi connectivity index (χ1v) is 10.6. The van der Waals surface area contributed by atoms with Crippen LogP contribution >= 0.6 is 0 Å². The zero-order chi connectivity index (χ0) is 19.9. The molecule has 0 N–H and O–H groups in total. The number of amides is 1. The molecule has 1 aliphatic carbocycles. The van der Waals surface area contributed by atoms with Crippen LogP contribution in [0.15, 0.2) is 24.3 Å². The van der Waals surface area contributed by atoms with E-state index < -0.39 is 0 Å². The summed E-state index contributed by atoms with van der Waals surface area (Å²) in [5, 5.41) is 4.66. The van der Waals surface area contributed by atoms with Gasteiger partial charge in [0.25, 0.3) is 0 Å². The van der Waals surface area contributed by atoms with Crippen molar-refractivity contribution in [1.82, 2.24) is 19.7 Å². The quantitative estimate of drug-likeness (QED) is 0.656. The first-order chi connectivity index (χ1) is 13.6. The van der Waals surface area contributed by atoms with Crippen LogP contribution in [0.3, 0.4) is 0 Å². The molecule has 2 aromatic rings. The Kier molecular flexibility index (Phi) is 7.18. The number of aromatic nitrogens is 3. The van der Waals surface area contributed by atoms with Gasteiger partial charge in [-0.15, -0.1) is 0 Å². The molecule has 1 aromatic carbocycles. The van der Waals surface area contributed by atoms with E-state index in [1.807, 2.05) is 4.90 Å². The van der Waals surface area contributed by atoms with Gasteiger partial charge in [0.2, 0.25) is 5.91 Å². The summed E-state index contributed by atoms with van der Waals surface area (Å²) in [6, 6.07) is 6.24. The largest absolute Gasteiger partial charge is 0.341 e. The fourth-order valence-electron chi connectivity index (χ4n) is 3.98. The van der Waals surface area contributed by atoms with Crippen LogP contribution < -0.4 is 0 Å². The monoisotopic (exact) mass is 386 g/mol. The van der Waals surface area contributed by atoms with E-state index in [4.69, 9.17) is 4.98 Å². The van der Waals surface area contributed by atoms with Crippen molar-refractivity contribution in [2.45, 2.75) is 71.3 Å². The molecular weight excluding hydrogens is 355 g/mol. The van der Waals surface area contributed by atoms with Gasteiger partial charge >= 0.3 is 0 Å². The molecule has 0 aliphatic heterocycles. The van der Waals surface area contributed by atoms with Crippen LogP contribution in [0.1, 0.15) is 70.5 Å². The zero-order valence-corrected chi connectivity index (χ0v) is 17.0. The summed E-state index contributed by atoms with van der Waals surface area (Å²) in [5.41, 5.74) is 0.781. The van der Waals surface area contributed by atoms with Crippen LogP contribution in [0.4, 0.5) is 4.39 Å². The Morgan fingerprint density at radius 3 is 2.36 bits per heavy atom. The van der Waals surface area contributed by atoms with Crippen LogP contribution in [0.25, 0.3) is 11.4 Å². The van der Waals surface area contributed by atoms with E-state index in [2.05, 4.69) is 18.9 Å². The second kappa shape index (κ2) is 9.80. The first-order valence-electron chi connectivity index (χ1n) is 10.6. The standard InChI is InChI=1S/C22H31FN4O/c1-3-14-26(15-4-2)20(28)16-27-22(18-8-6-5-7-9-18)24-21(25-27)17-10-12-19(23)13-11-17/h10-13,18H,3-9,14-16H2,1-2H3. The maximum absolute atomic E-state index is 13.3. The molecule has 1 aromatic heterocycles. The number of halogens is 1. The Hall–Kier alpha value is -2.24. The van der Waals surface area contributed by atoms with Crippen LogP contribution in [0.5, 0.6) is 0 Å². The molecule has 1 saturated carbocycles. The maximum Gasteiger partial charge on any atom is 0.244 e. The van der Waals surface area contributed by atoms with Crippen molar-refractivity contribution in [3.8, 4) is 11.4 Å². The molecule has 1 aliphatic rings. The molecular formula is C22H31FN4O. The number of carbonyl (C=O) groups is 1. The van der Waals surface area contributed by atoms with Gasteiger partial charge in [0.1, 0.15) is 18.2 Å². The average molecular weight is 387 g/mol. The van der Waals surface area contributed by atoms with Crippen molar-refractivity contribution in [3.63, 3.8) is 0 Å². The highest BCUT2D eigenvalue weighted by molar-refractivity contribution is 5.76. The Morgan fingerprint density at radius 2 is 1.75 bits per heavy atom. The van der Waals surface area contributed by atoms with Gasteiger partial charge in [0.05, 0.1) is 0 Å². The van der Waals surface area contributed by atoms with Gasteiger partial charge in [-0.2, -0.15) is 5.10 Å². The highest BCUT2D eigenvalue weighted by atomic mass is 19.1. The van der Waals surface area contributed by atoms with Gasteiger partial charge < -0.3 is 4.90 Å². The van der Waals surface area contributed by atoms with Crippen molar-refractivity contribution in [2.75, 3.05) is 13.1 Å². The third-order valence-electron chi connectivity index (χ3n) is 5.40. The average Bonchev–Trinajstić information content (AvgIpc) is 3.12. The molecule has 1 heterocycles. The Labute approximate surface area is 167 Å². The summed E-state index contributed by atoms with van der Waals surface area (Å²) < 4.78 is 15.1. The van der Waals surface area contributed by atoms with Crippen molar-refractivity contribution in [3.05, 3.63) is 35.9 Å². The number of hydrogen-bond donors (Lipinski definition) is 0. The molecule has 6 heteroatoms. The first kappa shape index (κ1) is 20.5. The lowest BCUT2D eigenvalue weighted by molar-refractivity contribution is -0.132. The molecule has 3 rings (SSSR count). The third-order valence-corrected chi connectivity index (χ3v) is 5.40. The summed E-state index contributed by atoms with van der Waals surface area (Å²) in [6.45, 7) is 5.94. The fourth-order valence-corrected chi connectivity index (χ4v) is 3.98. The van der Waals surface area contributed by atoms with Crippen LogP contribution in [0.2, 0.25) is 0 Å². The minimum atomic E-state index is -0.277. The van der Waals surface area contributed by atoms with E-state index in [0.29, 0.717) is 11.7 Å². The van der Waals surface area contributed by atoms with Crippen molar-refractivity contribution in [1.29, 1.82) is 0 Å². The topological polar surface area (TPSA) is 51.0 Å². The van der Waals surface area contributed by atoms with E-state index >= 15 is 0 Å². The molecule has 0 saturated heterocycles. The Bertz CT molecular complexity index is 759. The second-order valence-corrected chi connectivity index (χ2v) is 7.67. The third kappa shape index (κ3) is 4.97. The van der Waals surface area contributed by atoms with Crippen LogP contribution in [0, 0.1) is 5.82 Å². The number of hydrogen-bond acceptors (Lipinski definition) is 3. The fraction of sp³-hybridized carbons (Fsp3) is 0.591. The molecule has 0 radical (unpaired) electrons. The van der Waals surface area contributed by atoms with E-state index in [1.54, 1.807) is 16.8 Å². The second-order valence-electron chi connectivity index (χ2n) is 7.67. The van der Waals surface area contributed by atoms with Crippen LogP contribution in [-0.4, -0.2) is 38.7 Å². The van der Waals surface area contributed by atoms with Gasteiger partial charge in [-0.05, 0) is 49.9 Å². The molecule has 0 atom stereocenters. The Morgan fingerprint density at radius 1 is 1.11 bits per heavy atom. The maximum atomic E-state index is 13.3. The molecule has 1 amide bonds. The van der Waals surface area contributed by atoms with Crippen molar-refractivity contribution < 1.29 is 9.18 Å². The number of rotatable bonds is 8. The molecule has 0 spiro atoms. The number of nitrogens with zero attached hydrogens (tertiary/aromatic N) is 4. The molecule has 5 nitrogen and oxygen atoms in total. The summed E-state index contributed by atoms with van der Waals surface area (Å²) in [6.07, 6.45) is 7.70.